The second-order valence-electron chi connectivity index (χ2n) is 4.05. The van der Waals surface area contributed by atoms with Gasteiger partial charge in [0.05, 0.1) is 22.3 Å². The molecule has 0 saturated carbocycles. The van der Waals surface area contributed by atoms with Gasteiger partial charge in [0.15, 0.2) is 4.77 Å². The molecule has 0 aliphatic heterocycles. The van der Waals surface area contributed by atoms with Gasteiger partial charge in [0, 0.05) is 13.0 Å². The summed E-state index contributed by atoms with van der Waals surface area (Å²) in [6, 6.07) is 9.60. The molecule has 0 bridgehead atoms. The van der Waals surface area contributed by atoms with Crippen molar-refractivity contribution in [1.82, 2.24) is 9.55 Å². The van der Waals surface area contributed by atoms with Crippen LogP contribution in [0, 0.1) is 4.77 Å². The van der Waals surface area contributed by atoms with E-state index in [0.29, 0.717) is 9.79 Å². The number of aromatic nitrogens is 2. The van der Waals surface area contributed by atoms with Crippen LogP contribution in [-0.4, -0.2) is 9.55 Å². The minimum absolute atomic E-state index is 0.685. The van der Waals surface area contributed by atoms with Gasteiger partial charge < -0.3 is 14.0 Å². The maximum atomic E-state index is 6.23. The summed E-state index contributed by atoms with van der Waals surface area (Å²) in [5.41, 5.74) is 1.92. The minimum Gasteiger partial charge on any atom is -0.469 e. The first-order valence-corrected chi connectivity index (χ1v) is 6.44. The van der Waals surface area contributed by atoms with Crippen molar-refractivity contribution in [2.45, 2.75) is 13.0 Å². The lowest BCUT2D eigenvalue weighted by atomic mass is 10.3. The lowest BCUT2D eigenvalue weighted by molar-refractivity contribution is 0.492. The Morgan fingerprint density at radius 3 is 2.94 bits per heavy atom. The fourth-order valence-electron chi connectivity index (χ4n) is 2.06. The van der Waals surface area contributed by atoms with Gasteiger partial charge in [-0.1, -0.05) is 17.7 Å². The van der Waals surface area contributed by atoms with E-state index in [-0.39, 0.29) is 0 Å². The molecule has 0 aliphatic rings. The van der Waals surface area contributed by atoms with Gasteiger partial charge in [-0.3, -0.25) is 0 Å². The van der Waals surface area contributed by atoms with Crippen LogP contribution >= 0.6 is 23.8 Å². The zero-order valence-corrected chi connectivity index (χ0v) is 11.1. The van der Waals surface area contributed by atoms with Gasteiger partial charge in [-0.15, -0.1) is 0 Å². The van der Waals surface area contributed by atoms with Crippen LogP contribution in [0.3, 0.4) is 0 Å². The number of hydrogen-bond donors (Lipinski definition) is 1. The maximum Gasteiger partial charge on any atom is 0.178 e. The van der Waals surface area contributed by atoms with E-state index >= 15 is 0 Å². The van der Waals surface area contributed by atoms with Crippen LogP contribution in [0.25, 0.3) is 11.0 Å². The Kier molecular flexibility index (Phi) is 2.97. The van der Waals surface area contributed by atoms with E-state index in [4.69, 9.17) is 28.2 Å². The van der Waals surface area contributed by atoms with Crippen molar-refractivity contribution in [3.05, 3.63) is 52.1 Å². The molecule has 0 aliphatic carbocycles. The maximum absolute atomic E-state index is 6.23. The van der Waals surface area contributed by atoms with Gasteiger partial charge in [-0.2, -0.15) is 0 Å². The number of aromatic amines is 1. The first-order chi connectivity index (χ1) is 8.75. The van der Waals surface area contributed by atoms with Crippen LogP contribution in [-0.2, 0) is 13.0 Å². The zero-order chi connectivity index (χ0) is 12.5. The molecule has 0 atom stereocenters. The molecular formula is C13H11ClN2OS. The second-order valence-corrected chi connectivity index (χ2v) is 4.84. The molecule has 2 heterocycles. The molecule has 18 heavy (non-hydrogen) atoms. The third-order valence-corrected chi connectivity index (χ3v) is 3.53. The number of fused-ring (bicyclic) bond motifs is 1. The molecule has 1 N–H and O–H groups in total. The minimum atomic E-state index is 0.685. The van der Waals surface area contributed by atoms with Crippen molar-refractivity contribution in [1.29, 1.82) is 0 Å². The molecule has 0 amide bonds. The second kappa shape index (κ2) is 4.63. The van der Waals surface area contributed by atoms with E-state index in [0.717, 1.165) is 29.8 Å². The summed E-state index contributed by atoms with van der Waals surface area (Å²) in [6.45, 7) is 0.746. The van der Waals surface area contributed by atoms with Crippen molar-refractivity contribution in [2.24, 2.45) is 0 Å². The van der Waals surface area contributed by atoms with Crippen LogP contribution < -0.4 is 0 Å². The van der Waals surface area contributed by atoms with Crippen molar-refractivity contribution in [2.75, 3.05) is 0 Å². The number of benzene rings is 1. The highest BCUT2D eigenvalue weighted by Crippen LogP contribution is 2.23. The van der Waals surface area contributed by atoms with Gasteiger partial charge in [0.25, 0.3) is 0 Å². The van der Waals surface area contributed by atoms with Crippen LogP contribution in [0.15, 0.2) is 41.0 Å². The number of furan rings is 1. The van der Waals surface area contributed by atoms with Gasteiger partial charge in [0.1, 0.15) is 5.76 Å². The number of nitrogens with zero attached hydrogens (tertiary/aromatic N) is 1. The summed E-state index contributed by atoms with van der Waals surface area (Å²) in [4.78, 5) is 3.16. The predicted octanol–water partition coefficient (Wildman–Crippen LogP) is 4.19. The van der Waals surface area contributed by atoms with Crippen LogP contribution in [0.4, 0.5) is 0 Å². The summed E-state index contributed by atoms with van der Waals surface area (Å²) >= 11 is 11.6. The average molecular weight is 279 g/mol. The molecule has 0 spiro atoms. The molecule has 3 aromatic rings. The number of rotatable bonds is 3. The number of para-hydroxylation sites is 1. The third-order valence-electron chi connectivity index (χ3n) is 2.91. The Labute approximate surface area is 114 Å². The summed E-state index contributed by atoms with van der Waals surface area (Å²) in [5.74, 6) is 0.943. The van der Waals surface area contributed by atoms with E-state index in [1.807, 2.05) is 34.9 Å². The van der Waals surface area contributed by atoms with Gasteiger partial charge >= 0.3 is 0 Å². The molecule has 5 heteroatoms. The Balaban J connectivity index is 2.01. The monoisotopic (exact) mass is 278 g/mol. The number of aryl methyl sites for hydroxylation is 2. The summed E-state index contributed by atoms with van der Waals surface area (Å²) in [6.07, 6.45) is 2.47. The van der Waals surface area contributed by atoms with Crippen molar-refractivity contribution < 1.29 is 4.42 Å². The summed E-state index contributed by atoms with van der Waals surface area (Å²) in [5, 5.41) is 0.708. The van der Waals surface area contributed by atoms with Crippen LogP contribution in [0.2, 0.25) is 5.02 Å². The number of halogens is 1. The van der Waals surface area contributed by atoms with E-state index in [1.54, 1.807) is 6.26 Å². The Morgan fingerprint density at radius 2 is 2.17 bits per heavy atom. The van der Waals surface area contributed by atoms with E-state index in [2.05, 4.69) is 4.98 Å². The standard InChI is InChI=1S/C13H11ClN2OS/c14-10-4-1-5-11-12(10)16(13(18)15-11)7-6-9-3-2-8-17-9/h1-5,8H,6-7H2,(H,15,18). The fourth-order valence-corrected chi connectivity index (χ4v) is 2.63. The number of hydrogen-bond acceptors (Lipinski definition) is 2. The lowest BCUT2D eigenvalue weighted by Crippen LogP contribution is -2.01. The zero-order valence-electron chi connectivity index (χ0n) is 9.52. The number of H-pyrrole nitrogens is 1. The summed E-state index contributed by atoms with van der Waals surface area (Å²) < 4.78 is 8.02. The Hall–Kier alpha value is -1.52. The Morgan fingerprint density at radius 1 is 1.28 bits per heavy atom. The molecule has 3 rings (SSSR count). The normalized spacial score (nSPS) is 11.2. The van der Waals surface area contributed by atoms with Crippen LogP contribution in [0.1, 0.15) is 5.76 Å². The molecule has 0 saturated heterocycles. The topological polar surface area (TPSA) is 33.9 Å². The SMILES string of the molecule is S=c1[nH]c2cccc(Cl)c2n1CCc1ccco1. The van der Waals surface area contributed by atoms with Gasteiger partial charge in [0.2, 0.25) is 0 Å². The highest BCUT2D eigenvalue weighted by molar-refractivity contribution is 7.71. The van der Waals surface area contributed by atoms with E-state index in [1.165, 1.54) is 0 Å². The first-order valence-electron chi connectivity index (χ1n) is 5.65. The third kappa shape index (κ3) is 1.98. The van der Waals surface area contributed by atoms with Gasteiger partial charge in [-0.25, -0.2) is 0 Å². The number of nitrogens with one attached hydrogen (secondary N) is 1. The molecule has 3 nitrogen and oxygen atoms in total. The number of imidazole rings is 1. The fraction of sp³-hybridized carbons (Fsp3) is 0.154. The molecule has 0 fully saturated rings. The highest BCUT2D eigenvalue weighted by Gasteiger charge is 2.08. The lowest BCUT2D eigenvalue weighted by Gasteiger charge is -2.04. The highest BCUT2D eigenvalue weighted by atomic mass is 35.5. The molecule has 0 unspecified atom stereocenters. The quantitative estimate of drug-likeness (QED) is 0.729. The average Bonchev–Trinajstić information content (AvgIpc) is 2.94. The van der Waals surface area contributed by atoms with Crippen molar-refractivity contribution in [3.8, 4) is 0 Å². The molecule has 1 aromatic carbocycles. The molecule has 92 valence electrons. The van der Waals surface area contributed by atoms with Crippen molar-refractivity contribution in [3.63, 3.8) is 0 Å². The van der Waals surface area contributed by atoms with Crippen LogP contribution in [0.5, 0.6) is 0 Å². The first kappa shape index (κ1) is 11.6. The summed E-state index contributed by atoms with van der Waals surface area (Å²) in [7, 11) is 0. The van der Waals surface area contributed by atoms with E-state index in [9.17, 15) is 0 Å². The van der Waals surface area contributed by atoms with Crippen molar-refractivity contribution >= 4 is 34.9 Å². The molecule has 0 radical (unpaired) electrons. The van der Waals surface area contributed by atoms with Gasteiger partial charge in [-0.05, 0) is 36.5 Å². The predicted molar refractivity (Wildman–Crippen MR) is 74.5 cm³/mol. The van der Waals surface area contributed by atoms with E-state index < -0.39 is 0 Å². The Bertz CT molecular complexity index is 727. The largest absolute Gasteiger partial charge is 0.469 e. The molecule has 2 aromatic heterocycles. The smallest absolute Gasteiger partial charge is 0.178 e. The molecular weight excluding hydrogens is 268 g/mol.